The van der Waals surface area contributed by atoms with Gasteiger partial charge < -0.3 is 14.6 Å². The Bertz CT molecular complexity index is 611. The van der Waals surface area contributed by atoms with Crippen LogP contribution < -0.4 is 9.47 Å². The molecule has 0 heterocycles. The maximum Gasteiger partial charge on any atom is 0.165 e. The molecule has 0 aliphatic heterocycles. The molecule has 0 aromatic heterocycles. The Hall–Kier alpha value is -2.07. The fraction of sp³-hybridized carbons (Fsp3) is 0.250. The monoisotopic (exact) mass is 276 g/mol. The molecular formula is C16H17FO3. The molecule has 2 aromatic carbocycles. The van der Waals surface area contributed by atoms with E-state index in [2.05, 4.69) is 0 Å². The predicted molar refractivity (Wildman–Crippen MR) is 74.7 cm³/mol. The van der Waals surface area contributed by atoms with Gasteiger partial charge in [0.15, 0.2) is 11.6 Å². The van der Waals surface area contributed by atoms with E-state index in [4.69, 9.17) is 9.47 Å². The Morgan fingerprint density at radius 1 is 1.00 bits per heavy atom. The highest BCUT2D eigenvalue weighted by molar-refractivity contribution is 5.43. The van der Waals surface area contributed by atoms with Crippen LogP contribution in [-0.2, 0) is 0 Å². The van der Waals surface area contributed by atoms with E-state index in [1.807, 2.05) is 19.1 Å². The van der Waals surface area contributed by atoms with E-state index in [0.717, 1.165) is 5.56 Å². The molecule has 0 amide bonds. The van der Waals surface area contributed by atoms with Gasteiger partial charge >= 0.3 is 0 Å². The quantitative estimate of drug-likeness (QED) is 0.931. The summed E-state index contributed by atoms with van der Waals surface area (Å²) in [5.74, 6) is 0.223. The first-order chi connectivity index (χ1) is 9.56. The molecule has 1 N–H and O–H groups in total. The largest absolute Gasteiger partial charge is 0.496 e. The number of hydrogen-bond acceptors (Lipinski definition) is 3. The van der Waals surface area contributed by atoms with E-state index in [9.17, 15) is 9.50 Å². The van der Waals surface area contributed by atoms with Crippen LogP contribution >= 0.6 is 0 Å². The number of aryl methyl sites for hydroxylation is 1. The van der Waals surface area contributed by atoms with Gasteiger partial charge in [0.2, 0.25) is 0 Å². The lowest BCUT2D eigenvalue weighted by Crippen LogP contribution is -2.03. The van der Waals surface area contributed by atoms with Gasteiger partial charge in [-0.15, -0.1) is 0 Å². The van der Waals surface area contributed by atoms with Crippen molar-refractivity contribution in [3.8, 4) is 11.5 Å². The van der Waals surface area contributed by atoms with Gasteiger partial charge in [-0.25, -0.2) is 4.39 Å². The van der Waals surface area contributed by atoms with Crippen LogP contribution in [-0.4, -0.2) is 19.3 Å². The summed E-state index contributed by atoms with van der Waals surface area (Å²) in [6, 6.07) is 9.88. The van der Waals surface area contributed by atoms with Crippen molar-refractivity contribution >= 4 is 0 Å². The van der Waals surface area contributed by atoms with Crippen LogP contribution in [0.25, 0.3) is 0 Å². The van der Waals surface area contributed by atoms with Crippen LogP contribution in [0.15, 0.2) is 36.4 Å². The minimum atomic E-state index is -0.953. The van der Waals surface area contributed by atoms with Gasteiger partial charge in [0, 0.05) is 5.56 Å². The average molecular weight is 276 g/mol. The summed E-state index contributed by atoms with van der Waals surface area (Å²) in [5, 5.41) is 10.4. The maximum atomic E-state index is 13.7. The van der Waals surface area contributed by atoms with E-state index in [1.165, 1.54) is 19.2 Å². The highest BCUT2D eigenvalue weighted by Gasteiger charge is 2.17. The number of aliphatic hydroxyl groups is 1. The molecule has 0 aliphatic rings. The molecule has 0 spiro atoms. The Kier molecular flexibility index (Phi) is 4.25. The second kappa shape index (κ2) is 5.92. The van der Waals surface area contributed by atoms with Gasteiger partial charge in [0.1, 0.15) is 11.9 Å². The molecule has 4 heteroatoms. The summed E-state index contributed by atoms with van der Waals surface area (Å²) in [7, 11) is 2.94. The predicted octanol–water partition coefficient (Wildman–Crippen LogP) is 3.23. The molecule has 0 bridgehead atoms. The van der Waals surface area contributed by atoms with Crippen LogP contribution in [0.3, 0.4) is 0 Å². The number of aliphatic hydroxyl groups excluding tert-OH is 1. The van der Waals surface area contributed by atoms with E-state index in [1.54, 1.807) is 19.2 Å². The van der Waals surface area contributed by atoms with Crippen LogP contribution in [0.2, 0.25) is 0 Å². The topological polar surface area (TPSA) is 38.7 Å². The van der Waals surface area contributed by atoms with E-state index in [-0.39, 0.29) is 5.75 Å². The highest BCUT2D eigenvalue weighted by atomic mass is 19.1. The summed E-state index contributed by atoms with van der Waals surface area (Å²) in [5.41, 5.74) is 2.08. The van der Waals surface area contributed by atoms with Gasteiger partial charge in [-0.2, -0.15) is 0 Å². The molecule has 2 rings (SSSR count). The Morgan fingerprint density at radius 2 is 1.70 bits per heavy atom. The molecule has 1 unspecified atom stereocenters. The minimum Gasteiger partial charge on any atom is -0.496 e. The minimum absolute atomic E-state index is 0.150. The van der Waals surface area contributed by atoms with Crippen LogP contribution in [0, 0.1) is 12.7 Å². The van der Waals surface area contributed by atoms with Gasteiger partial charge in [-0.3, -0.25) is 0 Å². The fourth-order valence-corrected chi connectivity index (χ4v) is 2.08. The molecule has 0 saturated carbocycles. The van der Waals surface area contributed by atoms with Gasteiger partial charge in [0.05, 0.1) is 14.2 Å². The average Bonchev–Trinajstić information content (AvgIpc) is 2.46. The van der Waals surface area contributed by atoms with Crippen molar-refractivity contribution in [1.29, 1.82) is 0 Å². The third kappa shape index (κ3) is 2.75. The first-order valence-corrected chi connectivity index (χ1v) is 6.23. The maximum absolute atomic E-state index is 13.7. The summed E-state index contributed by atoms with van der Waals surface area (Å²) in [6.45, 7) is 1.94. The SMILES string of the molecule is COc1ccc(C(O)c2ccc(C)cc2OC)cc1F. The lowest BCUT2D eigenvalue weighted by molar-refractivity contribution is 0.214. The lowest BCUT2D eigenvalue weighted by Gasteiger charge is -2.16. The van der Waals surface area contributed by atoms with Crippen molar-refractivity contribution in [3.63, 3.8) is 0 Å². The number of ether oxygens (including phenoxy) is 2. The standard InChI is InChI=1S/C16H17FO3/c1-10-4-6-12(15(8-10)20-3)16(18)11-5-7-14(19-2)13(17)9-11/h4-9,16,18H,1-3H3. The fourth-order valence-electron chi connectivity index (χ4n) is 2.08. The van der Waals surface area contributed by atoms with Crippen molar-refractivity contribution in [2.45, 2.75) is 13.0 Å². The molecule has 3 nitrogen and oxygen atoms in total. The zero-order chi connectivity index (χ0) is 14.7. The second-order valence-electron chi connectivity index (χ2n) is 4.54. The number of halogens is 1. The Morgan fingerprint density at radius 3 is 2.30 bits per heavy atom. The number of methoxy groups -OCH3 is 2. The summed E-state index contributed by atoms with van der Waals surface area (Å²) < 4.78 is 23.8. The van der Waals surface area contributed by atoms with E-state index < -0.39 is 11.9 Å². The van der Waals surface area contributed by atoms with Gasteiger partial charge in [-0.05, 0) is 36.2 Å². The van der Waals surface area contributed by atoms with Crippen LogP contribution in [0.1, 0.15) is 22.8 Å². The molecular weight excluding hydrogens is 259 g/mol. The molecule has 0 radical (unpaired) electrons. The van der Waals surface area contributed by atoms with E-state index >= 15 is 0 Å². The number of rotatable bonds is 4. The summed E-state index contributed by atoms with van der Waals surface area (Å²) in [6.07, 6.45) is -0.953. The molecule has 106 valence electrons. The van der Waals surface area contributed by atoms with Gasteiger partial charge in [0.25, 0.3) is 0 Å². The molecule has 20 heavy (non-hydrogen) atoms. The lowest BCUT2D eigenvalue weighted by atomic mass is 9.99. The van der Waals surface area contributed by atoms with Crippen molar-refractivity contribution in [2.24, 2.45) is 0 Å². The highest BCUT2D eigenvalue weighted by Crippen LogP contribution is 2.32. The van der Waals surface area contributed by atoms with Crippen LogP contribution in [0.4, 0.5) is 4.39 Å². The van der Waals surface area contributed by atoms with Crippen molar-refractivity contribution in [3.05, 3.63) is 58.9 Å². The molecule has 2 aromatic rings. The second-order valence-corrected chi connectivity index (χ2v) is 4.54. The van der Waals surface area contributed by atoms with Crippen molar-refractivity contribution in [2.75, 3.05) is 14.2 Å². The molecule has 0 aliphatic carbocycles. The smallest absolute Gasteiger partial charge is 0.165 e. The van der Waals surface area contributed by atoms with Crippen molar-refractivity contribution < 1.29 is 19.0 Å². The summed E-state index contributed by atoms with van der Waals surface area (Å²) in [4.78, 5) is 0. The zero-order valence-corrected chi connectivity index (χ0v) is 11.7. The first-order valence-electron chi connectivity index (χ1n) is 6.23. The normalized spacial score (nSPS) is 12.1. The first kappa shape index (κ1) is 14.3. The van der Waals surface area contributed by atoms with Crippen molar-refractivity contribution in [1.82, 2.24) is 0 Å². The molecule has 0 saturated heterocycles. The Balaban J connectivity index is 2.40. The molecule has 1 atom stereocenters. The van der Waals surface area contributed by atoms with Crippen LogP contribution in [0.5, 0.6) is 11.5 Å². The van der Waals surface area contributed by atoms with Gasteiger partial charge in [-0.1, -0.05) is 18.2 Å². The van der Waals surface area contributed by atoms with E-state index in [0.29, 0.717) is 16.9 Å². The molecule has 0 fully saturated rings. The third-order valence-electron chi connectivity index (χ3n) is 3.18. The number of benzene rings is 2. The number of hydrogen-bond donors (Lipinski definition) is 1. The Labute approximate surface area is 117 Å². The zero-order valence-electron chi connectivity index (χ0n) is 11.7. The summed E-state index contributed by atoms with van der Waals surface area (Å²) >= 11 is 0. The third-order valence-corrected chi connectivity index (χ3v) is 3.18.